The molecule has 2 heterocycles. The second kappa shape index (κ2) is 8.78. The van der Waals surface area contributed by atoms with Gasteiger partial charge in [-0.25, -0.2) is 9.18 Å². The minimum absolute atomic E-state index is 0.0551. The number of ketones is 1. The number of benzene rings is 1. The van der Waals surface area contributed by atoms with E-state index in [1.54, 1.807) is 32.9 Å². The molecule has 156 valence electrons. The summed E-state index contributed by atoms with van der Waals surface area (Å²) in [5.74, 6) is -0.696. The average molecular weight is 401 g/mol. The fourth-order valence-corrected chi connectivity index (χ4v) is 3.94. The van der Waals surface area contributed by atoms with Crippen molar-refractivity contribution in [2.75, 3.05) is 37.7 Å². The van der Waals surface area contributed by atoms with Gasteiger partial charge < -0.3 is 14.6 Å². The molecule has 3 rings (SSSR count). The maximum absolute atomic E-state index is 14.0. The molecule has 6 nitrogen and oxygen atoms in total. The Morgan fingerprint density at radius 3 is 2.45 bits per heavy atom. The molecule has 0 radical (unpaired) electrons. The standard InChI is InChI=1S/C22H28FN3O3/c1-5-29-22(28)19-14(2)20(24-15(19)3)21(27)16(4)25-10-12-26(13-11-25)18-9-7-6-8-17(18)23/h6-9,16,24H,5,10-13H2,1-4H3. The molecule has 2 aromatic rings. The lowest BCUT2D eigenvalue weighted by molar-refractivity contribution is 0.0525. The number of hydrogen-bond acceptors (Lipinski definition) is 5. The Kier molecular flexibility index (Phi) is 6.37. The van der Waals surface area contributed by atoms with Crippen molar-refractivity contribution in [1.82, 2.24) is 9.88 Å². The van der Waals surface area contributed by atoms with Gasteiger partial charge in [-0.3, -0.25) is 9.69 Å². The quantitative estimate of drug-likeness (QED) is 0.594. The van der Waals surface area contributed by atoms with Crippen LogP contribution >= 0.6 is 0 Å². The molecule has 29 heavy (non-hydrogen) atoms. The number of esters is 1. The van der Waals surface area contributed by atoms with Gasteiger partial charge in [0, 0.05) is 31.9 Å². The molecule has 1 fully saturated rings. The first-order valence-corrected chi connectivity index (χ1v) is 9.99. The molecule has 0 aliphatic carbocycles. The van der Waals surface area contributed by atoms with Crippen LogP contribution in [0.4, 0.5) is 10.1 Å². The number of carbonyl (C=O) groups excluding carboxylic acids is 2. The van der Waals surface area contributed by atoms with Crippen LogP contribution in [0.2, 0.25) is 0 Å². The Balaban J connectivity index is 1.70. The zero-order chi connectivity index (χ0) is 21.1. The summed E-state index contributed by atoms with van der Waals surface area (Å²) in [5.41, 5.74) is 2.76. The lowest BCUT2D eigenvalue weighted by Gasteiger charge is -2.38. The van der Waals surface area contributed by atoms with Crippen molar-refractivity contribution < 1.29 is 18.7 Å². The van der Waals surface area contributed by atoms with Gasteiger partial charge in [0.15, 0.2) is 5.78 Å². The van der Waals surface area contributed by atoms with E-state index in [-0.39, 0.29) is 24.2 Å². The highest BCUT2D eigenvalue weighted by Crippen LogP contribution is 2.24. The van der Waals surface area contributed by atoms with Gasteiger partial charge in [0.05, 0.1) is 29.6 Å². The number of carbonyl (C=O) groups is 2. The van der Waals surface area contributed by atoms with E-state index in [0.717, 1.165) is 0 Å². The van der Waals surface area contributed by atoms with E-state index in [9.17, 15) is 14.0 Å². The molecular weight excluding hydrogens is 373 g/mol. The van der Waals surface area contributed by atoms with E-state index in [1.165, 1.54) is 6.07 Å². The zero-order valence-corrected chi connectivity index (χ0v) is 17.4. The largest absolute Gasteiger partial charge is 0.462 e. The lowest BCUT2D eigenvalue weighted by atomic mass is 10.0. The zero-order valence-electron chi connectivity index (χ0n) is 17.4. The third kappa shape index (κ3) is 4.19. The number of hydrogen-bond donors (Lipinski definition) is 1. The third-order valence-electron chi connectivity index (χ3n) is 5.60. The van der Waals surface area contributed by atoms with Crippen LogP contribution in [-0.2, 0) is 4.74 Å². The Hall–Kier alpha value is -2.67. The monoisotopic (exact) mass is 401 g/mol. The highest BCUT2D eigenvalue weighted by Gasteiger charge is 2.30. The van der Waals surface area contributed by atoms with Gasteiger partial charge >= 0.3 is 5.97 Å². The molecule has 1 aromatic carbocycles. The fourth-order valence-electron chi connectivity index (χ4n) is 3.94. The van der Waals surface area contributed by atoms with Crippen molar-refractivity contribution >= 4 is 17.4 Å². The van der Waals surface area contributed by atoms with Crippen molar-refractivity contribution in [2.45, 2.75) is 33.7 Å². The smallest absolute Gasteiger partial charge is 0.340 e. The van der Waals surface area contributed by atoms with Crippen molar-refractivity contribution in [1.29, 1.82) is 0 Å². The molecular formula is C22H28FN3O3. The summed E-state index contributed by atoms with van der Waals surface area (Å²) >= 11 is 0. The molecule has 1 aliphatic heterocycles. The van der Waals surface area contributed by atoms with Crippen LogP contribution in [0.15, 0.2) is 24.3 Å². The predicted octanol–water partition coefficient (Wildman–Crippen LogP) is 3.34. The molecule has 1 unspecified atom stereocenters. The Bertz CT molecular complexity index is 901. The number of anilines is 1. The number of nitrogens with zero attached hydrogens (tertiary/aromatic N) is 2. The van der Waals surface area contributed by atoms with Gasteiger partial charge in [-0.2, -0.15) is 0 Å². The average Bonchev–Trinajstić information content (AvgIpc) is 3.01. The van der Waals surface area contributed by atoms with E-state index in [2.05, 4.69) is 9.88 Å². The minimum atomic E-state index is -0.413. The second-order valence-corrected chi connectivity index (χ2v) is 7.36. The maximum Gasteiger partial charge on any atom is 0.340 e. The summed E-state index contributed by atoms with van der Waals surface area (Å²) < 4.78 is 19.1. The summed E-state index contributed by atoms with van der Waals surface area (Å²) in [4.78, 5) is 32.5. The van der Waals surface area contributed by atoms with Crippen molar-refractivity contribution in [3.8, 4) is 0 Å². The number of piperazine rings is 1. The van der Waals surface area contributed by atoms with Gasteiger partial charge in [-0.05, 0) is 45.4 Å². The Morgan fingerprint density at radius 1 is 1.17 bits per heavy atom. The molecule has 0 bridgehead atoms. The van der Waals surface area contributed by atoms with Gasteiger partial charge in [-0.1, -0.05) is 12.1 Å². The maximum atomic E-state index is 14.0. The first-order chi connectivity index (χ1) is 13.8. The first kappa shape index (κ1) is 21.0. The van der Waals surface area contributed by atoms with E-state index < -0.39 is 5.97 Å². The van der Waals surface area contributed by atoms with E-state index in [4.69, 9.17) is 4.74 Å². The summed E-state index contributed by atoms with van der Waals surface area (Å²) in [6.07, 6.45) is 0. The summed E-state index contributed by atoms with van der Waals surface area (Å²) in [7, 11) is 0. The highest BCUT2D eigenvalue weighted by molar-refractivity contribution is 6.03. The number of ether oxygens (including phenoxy) is 1. The molecule has 1 aromatic heterocycles. The molecule has 1 aliphatic rings. The normalized spacial score (nSPS) is 16.0. The van der Waals surface area contributed by atoms with Crippen LogP contribution in [0.1, 0.15) is 46.0 Å². The molecule has 1 atom stereocenters. The van der Waals surface area contributed by atoms with Crippen LogP contribution in [0.3, 0.4) is 0 Å². The van der Waals surface area contributed by atoms with Crippen LogP contribution in [0.5, 0.6) is 0 Å². The number of para-hydroxylation sites is 1. The van der Waals surface area contributed by atoms with Crippen molar-refractivity contribution in [3.05, 3.63) is 52.6 Å². The van der Waals surface area contributed by atoms with Gasteiger partial charge in [-0.15, -0.1) is 0 Å². The Morgan fingerprint density at radius 2 is 1.83 bits per heavy atom. The molecule has 0 amide bonds. The highest BCUT2D eigenvalue weighted by atomic mass is 19.1. The number of halogens is 1. The first-order valence-electron chi connectivity index (χ1n) is 9.99. The lowest BCUT2D eigenvalue weighted by Crippen LogP contribution is -2.52. The van der Waals surface area contributed by atoms with Crippen LogP contribution < -0.4 is 4.90 Å². The SMILES string of the molecule is CCOC(=O)c1c(C)[nH]c(C(=O)C(C)N2CCN(c3ccccc3F)CC2)c1C. The van der Waals surface area contributed by atoms with Gasteiger partial charge in [0.2, 0.25) is 0 Å². The number of H-pyrrole nitrogens is 1. The minimum Gasteiger partial charge on any atom is -0.462 e. The number of nitrogens with one attached hydrogen (secondary N) is 1. The van der Waals surface area contributed by atoms with E-state index in [0.29, 0.717) is 54.4 Å². The summed E-state index contributed by atoms with van der Waals surface area (Å²) in [6, 6.07) is 6.41. The summed E-state index contributed by atoms with van der Waals surface area (Å²) in [5, 5.41) is 0. The fraction of sp³-hybridized carbons (Fsp3) is 0.455. The van der Waals surface area contributed by atoms with Crippen LogP contribution in [-0.4, -0.2) is 60.5 Å². The van der Waals surface area contributed by atoms with Gasteiger partial charge in [0.25, 0.3) is 0 Å². The predicted molar refractivity (Wildman–Crippen MR) is 110 cm³/mol. The molecule has 1 N–H and O–H groups in total. The van der Waals surface area contributed by atoms with Crippen LogP contribution in [0, 0.1) is 19.7 Å². The number of aromatic nitrogens is 1. The Labute approximate surface area is 170 Å². The molecule has 0 saturated carbocycles. The second-order valence-electron chi connectivity index (χ2n) is 7.36. The van der Waals surface area contributed by atoms with E-state index in [1.807, 2.05) is 17.9 Å². The third-order valence-corrected chi connectivity index (χ3v) is 5.60. The molecule has 0 spiro atoms. The van der Waals surface area contributed by atoms with Gasteiger partial charge in [0.1, 0.15) is 5.82 Å². The number of aromatic amines is 1. The topological polar surface area (TPSA) is 65.6 Å². The van der Waals surface area contributed by atoms with Crippen molar-refractivity contribution in [3.63, 3.8) is 0 Å². The molecule has 1 saturated heterocycles. The molecule has 7 heteroatoms. The number of aryl methyl sites for hydroxylation is 1. The number of rotatable bonds is 6. The number of Topliss-reactive ketones (excluding diaryl/α,β-unsaturated/α-hetero) is 1. The van der Waals surface area contributed by atoms with Crippen molar-refractivity contribution in [2.24, 2.45) is 0 Å². The van der Waals surface area contributed by atoms with Crippen LogP contribution in [0.25, 0.3) is 0 Å². The van der Waals surface area contributed by atoms with E-state index >= 15 is 0 Å². The summed E-state index contributed by atoms with van der Waals surface area (Å²) in [6.45, 7) is 10.1.